The van der Waals surface area contributed by atoms with E-state index in [-0.39, 0.29) is 5.69 Å². The lowest BCUT2D eigenvalue weighted by molar-refractivity contribution is 0.0685. The van der Waals surface area contributed by atoms with E-state index in [0.717, 1.165) is 5.56 Å². The summed E-state index contributed by atoms with van der Waals surface area (Å²) >= 11 is 5.93. The van der Waals surface area contributed by atoms with Crippen LogP contribution in [0.15, 0.2) is 24.3 Å². The molecule has 0 aliphatic rings. The maximum Gasteiger partial charge on any atom is 0.354 e. The van der Waals surface area contributed by atoms with Crippen molar-refractivity contribution in [1.82, 2.24) is 9.78 Å². The molecular formula is C12H11ClN2O3. The highest BCUT2D eigenvalue weighted by molar-refractivity contribution is 6.32. The Labute approximate surface area is 109 Å². The number of halogens is 1. The molecule has 94 valence electrons. The van der Waals surface area contributed by atoms with Crippen molar-refractivity contribution >= 4 is 17.6 Å². The van der Waals surface area contributed by atoms with Crippen LogP contribution in [0.3, 0.4) is 0 Å². The van der Waals surface area contributed by atoms with Crippen molar-refractivity contribution in [3.8, 4) is 17.0 Å². The van der Waals surface area contributed by atoms with Gasteiger partial charge in [-0.15, -0.1) is 0 Å². The van der Waals surface area contributed by atoms with Gasteiger partial charge in [0.1, 0.15) is 11.4 Å². The number of aromatic nitrogens is 2. The highest BCUT2D eigenvalue weighted by Gasteiger charge is 2.13. The number of nitrogens with zero attached hydrogens (tertiary/aromatic N) is 2. The first-order valence-corrected chi connectivity index (χ1v) is 5.52. The Morgan fingerprint density at radius 1 is 1.44 bits per heavy atom. The van der Waals surface area contributed by atoms with Crippen molar-refractivity contribution in [2.45, 2.75) is 0 Å². The molecule has 0 fully saturated rings. The molecule has 6 heteroatoms. The Hall–Kier alpha value is -2.01. The van der Waals surface area contributed by atoms with Gasteiger partial charge < -0.3 is 9.84 Å². The van der Waals surface area contributed by atoms with Gasteiger partial charge in [0.05, 0.1) is 17.8 Å². The normalized spacial score (nSPS) is 10.4. The summed E-state index contributed by atoms with van der Waals surface area (Å²) in [6.07, 6.45) is 0. The Bertz CT molecular complexity index is 607. The highest BCUT2D eigenvalue weighted by atomic mass is 35.5. The van der Waals surface area contributed by atoms with Crippen LogP contribution in [0.5, 0.6) is 5.75 Å². The average molecular weight is 267 g/mol. The van der Waals surface area contributed by atoms with E-state index in [0.29, 0.717) is 16.5 Å². The second-order valence-corrected chi connectivity index (χ2v) is 4.10. The summed E-state index contributed by atoms with van der Waals surface area (Å²) in [5.41, 5.74) is 1.43. The number of carbonyl (C=O) groups is 1. The zero-order chi connectivity index (χ0) is 13.3. The van der Waals surface area contributed by atoms with E-state index in [9.17, 15) is 4.79 Å². The van der Waals surface area contributed by atoms with E-state index in [1.807, 2.05) is 0 Å². The van der Waals surface area contributed by atoms with Crippen LogP contribution >= 0.6 is 11.6 Å². The lowest BCUT2D eigenvalue weighted by Gasteiger charge is -2.04. The maximum atomic E-state index is 10.9. The first-order chi connectivity index (χ1) is 8.52. The standard InChI is InChI=1S/C12H11ClN2O3/c1-15-10(12(16)17)6-9(14-15)7-3-4-8(13)11(5-7)18-2/h3-6H,1-2H3,(H,16,17). The molecule has 0 aliphatic heterocycles. The SMILES string of the molecule is COc1cc(-c2cc(C(=O)O)n(C)n2)ccc1Cl. The minimum Gasteiger partial charge on any atom is -0.495 e. The van der Waals surface area contributed by atoms with Crippen molar-refractivity contribution in [1.29, 1.82) is 0 Å². The monoisotopic (exact) mass is 266 g/mol. The summed E-state index contributed by atoms with van der Waals surface area (Å²) in [6.45, 7) is 0. The van der Waals surface area contributed by atoms with Crippen LogP contribution in [0, 0.1) is 0 Å². The number of hydrogen-bond donors (Lipinski definition) is 1. The van der Waals surface area contributed by atoms with Crippen LogP contribution in [0.25, 0.3) is 11.3 Å². The fraction of sp³-hybridized carbons (Fsp3) is 0.167. The molecule has 1 aromatic heterocycles. The second kappa shape index (κ2) is 4.70. The van der Waals surface area contributed by atoms with Gasteiger partial charge in [0.15, 0.2) is 0 Å². The van der Waals surface area contributed by atoms with Crippen molar-refractivity contribution in [2.24, 2.45) is 7.05 Å². The molecule has 0 amide bonds. The molecule has 0 saturated carbocycles. The zero-order valence-corrected chi connectivity index (χ0v) is 10.6. The average Bonchev–Trinajstić information content (AvgIpc) is 2.72. The fourth-order valence-electron chi connectivity index (χ4n) is 1.63. The number of carboxylic acids is 1. The molecule has 0 bridgehead atoms. The van der Waals surface area contributed by atoms with Crippen molar-refractivity contribution in [3.63, 3.8) is 0 Å². The van der Waals surface area contributed by atoms with E-state index in [1.165, 1.54) is 17.9 Å². The summed E-state index contributed by atoms with van der Waals surface area (Å²) in [6, 6.07) is 6.67. The molecular weight excluding hydrogens is 256 g/mol. The van der Waals surface area contributed by atoms with Crippen LogP contribution < -0.4 is 4.74 Å². The third-order valence-corrected chi connectivity index (χ3v) is 2.86. The van der Waals surface area contributed by atoms with Gasteiger partial charge >= 0.3 is 5.97 Å². The van der Waals surface area contributed by atoms with Crippen molar-refractivity contribution in [2.75, 3.05) is 7.11 Å². The molecule has 5 nitrogen and oxygen atoms in total. The molecule has 0 saturated heterocycles. The number of benzene rings is 1. The van der Waals surface area contributed by atoms with Crippen LogP contribution in [0.1, 0.15) is 10.5 Å². The Balaban J connectivity index is 2.49. The first kappa shape index (κ1) is 12.4. The van der Waals surface area contributed by atoms with Crippen LogP contribution in [-0.4, -0.2) is 28.0 Å². The number of aryl methyl sites for hydroxylation is 1. The van der Waals surface area contributed by atoms with Crippen molar-refractivity contribution < 1.29 is 14.6 Å². The minimum absolute atomic E-state index is 0.124. The Morgan fingerprint density at radius 3 is 2.72 bits per heavy atom. The maximum absolute atomic E-state index is 10.9. The predicted octanol–water partition coefficient (Wildman–Crippen LogP) is 2.45. The number of carboxylic acid groups (broad SMARTS) is 1. The highest BCUT2D eigenvalue weighted by Crippen LogP contribution is 2.29. The van der Waals surface area contributed by atoms with Gasteiger partial charge in [-0.25, -0.2) is 4.79 Å². The van der Waals surface area contributed by atoms with Gasteiger partial charge in [-0.1, -0.05) is 17.7 Å². The van der Waals surface area contributed by atoms with Crippen LogP contribution in [0.2, 0.25) is 5.02 Å². The Kier molecular flexibility index (Phi) is 3.25. The summed E-state index contributed by atoms with van der Waals surface area (Å²) in [7, 11) is 3.10. The lowest BCUT2D eigenvalue weighted by Crippen LogP contribution is -2.04. The van der Waals surface area contributed by atoms with E-state index >= 15 is 0 Å². The lowest BCUT2D eigenvalue weighted by atomic mass is 10.1. The number of methoxy groups -OCH3 is 1. The van der Waals surface area contributed by atoms with Crippen molar-refractivity contribution in [3.05, 3.63) is 35.0 Å². The molecule has 0 spiro atoms. The molecule has 0 unspecified atom stereocenters. The number of aromatic carboxylic acids is 1. The van der Waals surface area contributed by atoms with Crippen LogP contribution in [0.4, 0.5) is 0 Å². The molecule has 18 heavy (non-hydrogen) atoms. The largest absolute Gasteiger partial charge is 0.495 e. The molecule has 0 radical (unpaired) electrons. The minimum atomic E-state index is -1.02. The number of hydrogen-bond acceptors (Lipinski definition) is 3. The zero-order valence-electron chi connectivity index (χ0n) is 9.85. The topological polar surface area (TPSA) is 64.3 Å². The third-order valence-electron chi connectivity index (χ3n) is 2.55. The van der Waals surface area contributed by atoms with Gasteiger partial charge in [0.25, 0.3) is 0 Å². The summed E-state index contributed by atoms with van der Waals surface area (Å²) in [4.78, 5) is 10.9. The van der Waals surface area contributed by atoms with Crippen LogP contribution in [-0.2, 0) is 7.05 Å². The second-order valence-electron chi connectivity index (χ2n) is 3.69. The van der Waals surface area contributed by atoms with E-state index in [4.69, 9.17) is 21.4 Å². The predicted molar refractivity (Wildman–Crippen MR) is 67.2 cm³/mol. The quantitative estimate of drug-likeness (QED) is 0.927. The molecule has 2 rings (SSSR count). The van der Waals surface area contributed by atoms with E-state index in [1.54, 1.807) is 25.2 Å². The van der Waals surface area contributed by atoms with E-state index < -0.39 is 5.97 Å². The first-order valence-electron chi connectivity index (χ1n) is 5.14. The Morgan fingerprint density at radius 2 is 2.17 bits per heavy atom. The summed E-state index contributed by atoms with van der Waals surface area (Å²) < 4.78 is 6.43. The van der Waals surface area contributed by atoms with E-state index in [2.05, 4.69) is 5.10 Å². The fourth-order valence-corrected chi connectivity index (χ4v) is 1.82. The van der Waals surface area contributed by atoms with Gasteiger partial charge in [0, 0.05) is 12.6 Å². The smallest absolute Gasteiger partial charge is 0.354 e. The van der Waals surface area contributed by atoms with Gasteiger partial charge in [-0.2, -0.15) is 5.10 Å². The van der Waals surface area contributed by atoms with Gasteiger partial charge in [0.2, 0.25) is 0 Å². The summed E-state index contributed by atoms with van der Waals surface area (Å²) in [5.74, 6) is -0.492. The molecule has 0 atom stereocenters. The van der Waals surface area contributed by atoms with Gasteiger partial charge in [-0.05, 0) is 18.2 Å². The molecule has 1 aromatic carbocycles. The number of ether oxygens (including phenoxy) is 1. The third kappa shape index (κ3) is 2.17. The summed E-state index contributed by atoms with van der Waals surface area (Å²) in [5, 5.41) is 13.6. The molecule has 0 aliphatic carbocycles. The number of rotatable bonds is 3. The van der Waals surface area contributed by atoms with Gasteiger partial charge in [-0.3, -0.25) is 4.68 Å². The molecule has 2 aromatic rings. The molecule has 1 N–H and O–H groups in total. The molecule has 1 heterocycles.